The summed E-state index contributed by atoms with van der Waals surface area (Å²) in [5, 5.41) is 6.10. The average Bonchev–Trinajstić information content (AvgIpc) is 3.09. The highest BCUT2D eigenvalue weighted by atomic mass is 32.2. The molecule has 3 aromatic rings. The first-order chi connectivity index (χ1) is 12.9. The number of carbonyl (C=O) groups excluding carboxylic acids is 1. The molecule has 0 fully saturated rings. The quantitative estimate of drug-likeness (QED) is 0.466. The summed E-state index contributed by atoms with van der Waals surface area (Å²) in [7, 11) is 0. The van der Waals surface area contributed by atoms with E-state index in [1.165, 1.54) is 28.7 Å². The van der Waals surface area contributed by atoms with Crippen molar-refractivity contribution in [3.8, 4) is 11.3 Å². The number of amides is 1. The van der Waals surface area contributed by atoms with E-state index in [2.05, 4.69) is 39.3 Å². The molecule has 0 bridgehead atoms. The standard InChI is InChI=1S/C20H22N4OS2/c1-11(2)17-21-13(4)16(19(23-17)26-5)18(25)24-20-22-15(10-27-20)14-8-6-12(3)7-9-14/h6-11H,1-5H3,(H,22,24,25). The Kier molecular flexibility index (Phi) is 5.92. The van der Waals surface area contributed by atoms with Gasteiger partial charge in [0.1, 0.15) is 10.9 Å². The van der Waals surface area contributed by atoms with Crippen LogP contribution in [-0.4, -0.2) is 27.1 Å². The highest BCUT2D eigenvalue weighted by Crippen LogP contribution is 2.27. The van der Waals surface area contributed by atoms with Crippen molar-refractivity contribution in [3.63, 3.8) is 0 Å². The van der Waals surface area contributed by atoms with E-state index in [9.17, 15) is 4.79 Å². The van der Waals surface area contributed by atoms with Crippen LogP contribution in [0.1, 0.15) is 47.2 Å². The molecular weight excluding hydrogens is 376 g/mol. The fraction of sp³-hybridized carbons (Fsp3) is 0.300. The second-order valence-electron chi connectivity index (χ2n) is 6.56. The number of thioether (sulfide) groups is 1. The minimum Gasteiger partial charge on any atom is -0.298 e. The van der Waals surface area contributed by atoms with Gasteiger partial charge in [0, 0.05) is 16.9 Å². The number of hydrogen-bond acceptors (Lipinski definition) is 6. The summed E-state index contributed by atoms with van der Waals surface area (Å²) in [4.78, 5) is 26.4. The fourth-order valence-corrected chi connectivity index (χ4v) is 3.93. The van der Waals surface area contributed by atoms with Gasteiger partial charge in [0.05, 0.1) is 17.0 Å². The van der Waals surface area contributed by atoms with Gasteiger partial charge in [-0.1, -0.05) is 43.7 Å². The van der Waals surface area contributed by atoms with Crippen molar-refractivity contribution >= 4 is 34.1 Å². The highest BCUT2D eigenvalue weighted by Gasteiger charge is 2.20. The van der Waals surface area contributed by atoms with Gasteiger partial charge in [-0.15, -0.1) is 23.1 Å². The maximum Gasteiger partial charge on any atom is 0.262 e. The summed E-state index contributed by atoms with van der Waals surface area (Å²) in [6, 6.07) is 8.16. The zero-order valence-electron chi connectivity index (χ0n) is 16.0. The van der Waals surface area contributed by atoms with Crippen molar-refractivity contribution in [1.82, 2.24) is 15.0 Å². The summed E-state index contributed by atoms with van der Waals surface area (Å²) in [6.07, 6.45) is 1.92. The van der Waals surface area contributed by atoms with Crippen LogP contribution in [-0.2, 0) is 0 Å². The molecule has 3 rings (SSSR count). The highest BCUT2D eigenvalue weighted by molar-refractivity contribution is 7.98. The third-order valence-electron chi connectivity index (χ3n) is 4.08. The molecule has 0 saturated carbocycles. The van der Waals surface area contributed by atoms with Gasteiger partial charge in [-0.05, 0) is 20.1 Å². The molecule has 0 atom stereocenters. The van der Waals surface area contributed by atoms with E-state index in [0.29, 0.717) is 21.4 Å². The summed E-state index contributed by atoms with van der Waals surface area (Å²) in [5.74, 6) is 0.740. The normalized spacial score (nSPS) is 11.0. The lowest BCUT2D eigenvalue weighted by Crippen LogP contribution is -2.17. The lowest BCUT2D eigenvalue weighted by Gasteiger charge is -2.12. The van der Waals surface area contributed by atoms with Crippen molar-refractivity contribution in [2.75, 3.05) is 11.6 Å². The molecule has 140 valence electrons. The predicted molar refractivity (Wildman–Crippen MR) is 113 cm³/mol. The van der Waals surface area contributed by atoms with Crippen LogP contribution >= 0.6 is 23.1 Å². The number of aryl methyl sites for hydroxylation is 2. The first-order valence-corrected chi connectivity index (χ1v) is 10.8. The van der Waals surface area contributed by atoms with Crippen LogP contribution in [0.5, 0.6) is 0 Å². The number of benzene rings is 1. The zero-order chi connectivity index (χ0) is 19.6. The van der Waals surface area contributed by atoms with Gasteiger partial charge in [0.15, 0.2) is 5.13 Å². The van der Waals surface area contributed by atoms with Gasteiger partial charge in [-0.3, -0.25) is 10.1 Å². The molecule has 5 nitrogen and oxygen atoms in total. The number of hydrogen-bond donors (Lipinski definition) is 1. The fourth-order valence-electron chi connectivity index (χ4n) is 2.58. The van der Waals surface area contributed by atoms with Gasteiger partial charge < -0.3 is 0 Å². The second-order valence-corrected chi connectivity index (χ2v) is 8.22. The molecule has 1 N–H and O–H groups in total. The predicted octanol–water partition coefficient (Wildman–Crippen LogP) is 5.31. The third-order valence-corrected chi connectivity index (χ3v) is 5.52. The molecule has 0 spiro atoms. The van der Waals surface area contributed by atoms with Crippen LogP contribution in [0.4, 0.5) is 5.13 Å². The topological polar surface area (TPSA) is 67.8 Å². The molecule has 0 aliphatic carbocycles. The van der Waals surface area contributed by atoms with Crippen molar-refractivity contribution in [1.29, 1.82) is 0 Å². The molecule has 0 saturated heterocycles. The number of carbonyl (C=O) groups is 1. The minimum absolute atomic E-state index is 0.211. The van der Waals surface area contributed by atoms with Gasteiger partial charge in [0.2, 0.25) is 0 Å². The van der Waals surface area contributed by atoms with E-state index < -0.39 is 0 Å². The second kappa shape index (κ2) is 8.19. The number of thiazole rings is 1. The molecule has 27 heavy (non-hydrogen) atoms. The number of rotatable bonds is 5. The summed E-state index contributed by atoms with van der Waals surface area (Å²) >= 11 is 2.86. The first kappa shape index (κ1) is 19.5. The van der Waals surface area contributed by atoms with Crippen molar-refractivity contribution in [3.05, 3.63) is 52.3 Å². The van der Waals surface area contributed by atoms with Crippen LogP contribution in [0.2, 0.25) is 0 Å². The summed E-state index contributed by atoms with van der Waals surface area (Å²) < 4.78 is 0. The van der Waals surface area contributed by atoms with Crippen LogP contribution in [0.25, 0.3) is 11.3 Å². The lowest BCUT2D eigenvalue weighted by atomic mass is 10.1. The molecule has 1 amide bonds. The number of nitrogens with zero attached hydrogens (tertiary/aromatic N) is 3. The van der Waals surface area contributed by atoms with Gasteiger partial charge in [-0.2, -0.15) is 0 Å². The van der Waals surface area contributed by atoms with Gasteiger partial charge >= 0.3 is 0 Å². The van der Waals surface area contributed by atoms with E-state index in [4.69, 9.17) is 0 Å². The Balaban J connectivity index is 1.85. The number of anilines is 1. The van der Waals surface area contributed by atoms with E-state index >= 15 is 0 Å². The lowest BCUT2D eigenvalue weighted by molar-refractivity contribution is 0.102. The molecule has 1 aromatic carbocycles. The molecule has 0 radical (unpaired) electrons. The minimum atomic E-state index is -0.225. The Bertz CT molecular complexity index is 965. The molecule has 7 heteroatoms. The van der Waals surface area contributed by atoms with E-state index in [-0.39, 0.29) is 11.8 Å². The molecule has 0 aliphatic heterocycles. The molecule has 0 unspecified atom stereocenters. The molecule has 2 aromatic heterocycles. The number of aromatic nitrogens is 3. The smallest absolute Gasteiger partial charge is 0.262 e. The summed E-state index contributed by atoms with van der Waals surface area (Å²) in [6.45, 7) is 7.98. The first-order valence-electron chi connectivity index (χ1n) is 8.65. The van der Waals surface area contributed by atoms with Crippen LogP contribution in [0.3, 0.4) is 0 Å². The Labute approximate surface area is 167 Å². The third kappa shape index (κ3) is 4.36. The average molecular weight is 399 g/mol. The molecule has 2 heterocycles. The summed E-state index contributed by atoms with van der Waals surface area (Å²) in [5.41, 5.74) is 4.28. The van der Waals surface area contributed by atoms with E-state index in [0.717, 1.165) is 17.1 Å². The van der Waals surface area contributed by atoms with E-state index in [1.54, 1.807) is 0 Å². The SMILES string of the molecule is CSc1nc(C(C)C)nc(C)c1C(=O)Nc1nc(-c2ccc(C)cc2)cs1. The largest absolute Gasteiger partial charge is 0.298 e. The monoisotopic (exact) mass is 398 g/mol. The van der Waals surface area contributed by atoms with Crippen LogP contribution in [0, 0.1) is 13.8 Å². The Hall–Kier alpha value is -2.25. The van der Waals surface area contributed by atoms with Gasteiger partial charge in [0.25, 0.3) is 5.91 Å². The Morgan fingerprint density at radius 3 is 2.44 bits per heavy atom. The molecular formula is C20H22N4OS2. The Morgan fingerprint density at radius 1 is 1.11 bits per heavy atom. The maximum absolute atomic E-state index is 12.8. The zero-order valence-corrected chi connectivity index (χ0v) is 17.7. The van der Waals surface area contributed by atoms with Crippen LogP contribution in [0.15, 0.2) is 34.7 Å². The Morgan fingerprint density at radius 2 is 1.81 bits per heavy atom. The van der Waals surface area contributed by atoms with E-state index in [1.807, 2.05) is 44.5 Å². The van der Waals surface area contributed by atoms with Gasteiger partial charge in [-0.25, -0.2) is 15.0 Å². The van der Waals surface area contributed by atoms with Crippen molar-refractivity contribution in [2.24, 2.45) is 0 Å². The van der Waals surface area contributed by atoms with Crippen molar-refractivity contribution in [2.45, 2.75) is 38.6 Å². The van der Waals surface area contributed by atoms with Crippen LogP contribution < -0.4 is 5.32 Å². The number of nitrogens with one attached hydrogen (secondary N) is 1. The molecule has 0 aliphatic rings. The van der Waals surface area contributed by atoms with Crippen molar-refractivity contribution < 1.29 is 4.79 Å². The maximum atomic E-state index is 12.8.